The highest BCUT2D eigenvalue weighted by molar-refractivity contribution is 7.92. The van der Waals surface area contributed by atoms with Crippen LogP contribution in [0.15, 0.2) is 76.5 Å². The molecule has 0 atom stereocenters. The molecule has 0 aromatic heterocycles. The van der Waals surface area contributed by atoms with Crippen LogP contribution in [0.1, 0.15) is 24.8 Å². The van der Waals surface area contributed by atoms with E-state index in [-0.39, 0.29) is 26.9 Å². The molecule has 1 amide bonds. The Balaban J connectivity index is 1.63. The van der Waals surface area contributed by atoms with Crippen LogP contribution in [0.5, 0.6) is 5.75 Å². The first-order valence-electron chi connectivity index (χ1n) is 12.4. The van der Waals surface area contributed by atoms with Crippen molar-refractivity contribution in [1.29, 1.82) is 0 Å². The molecule has 9 nitrogen and oxygen atoms in total. The van der Waals surface area contributed by atoms with Crippen LogP contribution in [0.3, 0.4) is 0 Å². The lowest BCUT2D eigenvalue weighted by atomic mass is 10.2. The Labute approximate surface area is 234 Å². The van der Waals surface area contributed by atoms with Gasteiger partial charge in [-0.05, 0) is 74.4 Å². The van der Waals surface area contributed by atoms with Gasteiger partial charge >= 0.3 is 0 Å². The van der Waals surface area contributed by atoms with Crippen LogP contribution in [0.25, 0.3) is 0 Å². The van der Waals surface area contributed by atoms with Crippen molar-refractivity contribution < 1.29 is 26.4 Å². The summed E-state index contributed by atoms with van der Waals surface area (Å²) in [5, 5.41) is 3.06. The zero-order valence-corrected chi connectivity index (χ0v) is 24.0. The maximum absolute atomic E-state index is 13.6. The molecular formula is C27H30ClN3O6S2. The molecule has 1 N–H and O–H groups in total. The standard InChI is InChI=1S/C27H30ClN3O6S2/c1-20-6-13-24(14-7-20)38(33,34)31(23-11-8-21(28)9-12-23)19-27(32)29-22-10-15-25(37-2)26(18-22)39(35,36)30-16-4-3-5-17-30/h6-15,18H,3-5,16-17,19H2,1-2H3,(H,29,32). The summed E-state index contributed by atoms with van der Waals surface area (Å²) >= 11 is 6.00. The summed E-state index contributed by atoms with van der Waals surface area (Å²) in [5.41, 5.74) is 1.33. The van der Waals surface area contributed by atoms with E-state index in [0.717, 1.165) is 29.1 Å². The third kappa shape index (κ3) is 6.55. The number of carbonyl (C=O) groups is 1. The smallest absolute Gasteiger partial charge is 0.264 e. The summed E-state index contributed by atoms with van der Waals surface area (Å²) in [6.07, 6.45) is 2.51. The maximum Gasteiger partial charge on any atom is 0.264 e. The highest BCUT2D eigenvalue weighted by Crippen LogP contribution is 2.31. The molecule has 208 valence electrons. The van der Waals surface area contributed by atoms with Gasteiger partial charge in [-0.2, -0.15) is 4.31 Å². The molecule has 0 bridgehead atoms. The van der Waals surface area contributed by atoms with Crippen molar-refractivity contribution in [1.82, 2.24) is 4.31 Å². The number of hydrogen-bond acceptors (Lipinski definition) is 6. The number of piperidine rings is 1. The number of carbonyl (C=O) groups excluding carboxylic acids is 1. The first kappa shape index (κ1) is 28.9. The van der Waals surface area contributed by atoms with E-state index >= 15 is 0 Å². The highest BCUT2D eigenvalue weighted by Gasteiger charge is 2.30. The number of ether oxygens (including phenoxy) is 1. The van der Waals surface area contributed by atoms with Gasteiger partial charge in [0.1, 0.15) is 17.2 Å². The zero-order valence-electron chi connectivity index (χ0n) is 21.6. The van der Waals surface area contributed by atoms with E-state index in [0.29, 0.717) is 18.1 Å². The van der Waals surface area contributed by atoms with Crippen LogP contribution >= 0.6 is 11.6 Å². The normalized spacial score (nSPS) is 14.5. The van der Waals surface area contributed by atoms with Crippen LogP contribution in [-0.2, 0) is 24.8 Å². The average molecular weight is 592 g/mol. The minimum absolute atomic E-state index is 0.0233. The fraction of sp³-hybridized carbons (Fsp3) is 0.296. The van der Waals surface area contributed by atoms with E-state index in [2.05, 4.69) is 5.32 Å². The number of hydrogen-bond donors (Lipinski definition) is 1. The molecule has 0 saturated carbocycles. The van der Waals surface area contributed by atoms with E-state index in [4.69, 9.17) is 16.3 Å². The molecule has 0 radical (unpaired) electrons. The molecule has 1 heterocycles. The summed E-state index contributed by atoms with van der Waals surface area (Å²) in [7, 11) is -6.60. The number of sulfonamides is 2. The van der Waals surface area contributed by atoms with Crippen molar-refractivity contribution in [3.8, 4) is 5.75 Å². The summed E-state index contributed by atoms with van der Waals surface area (Å²) in [6, 6.07) is 16.7. The van der Waals surface area contributed by atoms with Crippen LogP contribution < -0.4 is 14.4 Å². The Morgan fingerprint density at radius 3 is 2.21 bits per heavy atom. The first-order valence-corrected chi connectivity index (χ1v) is 15.6. The van der Waals surface area contributed by atoms with Gasteiger partial charge in [0.15, 0.2) is 0 Å². The number of rotatable bonds is 9. The van der Waals surface area contributed by atoms with Crippen LogP contribution in [-0.4, -0.2) is 53.8 Å². The second kappa shape index (κ2) is 12.0. The van der Waals surface area contributed by atoms with Gasteiger partial charge < -0.3 is 10.1 Å². The van der Waals surface area contributed by atoms with Crippen molar-refractivity contribution in [3.05, 3.63) is 77.3 Å². The second-order valence-corrected chi connectivity index (χ2v) is 13.4. The number of aryl methyl sites for hydroxylation is 1. The lowest BCUT2D eigenvalue weighted by molar-refractivity contribution is -0.114. The molecule has 3 aromatic rings. The summed E-state index contributed by atoms with van der Waals surface area (Å²) in [4.78, 5) is 13.1. The predicted octanol–water partition coefficient (Wildman–Crippen LogP) is 4.67. The molecule has 4 rings (SSSR count). The molecule has 12 heteroatoms. The van der Waals surface area contributed by atoms with Gasteiger partial charge in [-0.3, -0.25) is 9.10 Å². The average Bonchev–Trinajstić information content (AvgIpc) is 2.93. The summed E-state index contributed by atoms with van der Waals surface area (Å²) in [5.74, 6) is -0.504. The first-order chi connectivity index (χ1) is 18.5. The van der Waals surface area contributed by atoms with Gasteiger partial charge in [0.05, 0.1) is 17.7 Å². The molecule has 1 aliphatic heterocycles. The Morgan fingerprint density at radius 2 is 1.59 bits per heavy atom. The number of amides is 1. The number of halogens is 1. The molecule has 3 aromatic carbocycles. The third-order valence-electron chi connectivity index (χ3n) is 6.39. The zero-order chi connectivity index (χ0) is 28.2. The second-order valence-electron chi connectivity index (χ2n) is 9.18. The van der Waals surface area contributed by atoms with Crippen molar-refractivity contribution in [2.24, 2.45) is 0 Å². The number of anilines is 2. The largest absolute Gasteiger partial charge is 0.495 e. The van der Waals surface area contributed by atoms with E-state index in [1.807, 2.05) is 6.92 Å². The third-order valence-corrected chi connectivity index (χ3v) is 10.4. The SMILES string of the molecule is COc1ccc(NC(=O)CN(c2ccc(Cl)cc2)S(=O)(=O)c2ccc(C)cc2)cc1S(=O)(=O)N1CCCCC1. The van der Waals surface area contributed by atoms with Gasteiger partial charge in [0.25, 0.3) is 10.0 Å². The van der Waals surface area contributed by atoms with E-state index < -0.39 is 32.5 Å². The molecule has 39 heavy (non-hydrogen) atoms. The monoisotopic (exact) mass is 591 g/mol. The lowest BCUT2D eigenvalue weighted by Crippen LogP contribution is -2.38. The molecule has 0 aliphatic carbocycles. The van der Waals surface area contributed by atoms with Crippen molar-refractivity contribution in [2.75, 3.05) is 36.4 Å². The number of benzene rings is 3. The maximum atomic E-state index is 13.6. The van der Waals surface area contributed by atoms with Crippen LogP contribution in [0.2, 0.25) is 5.02 Å². The lowest BCUT2D eigenvalue weighted by Gasteiger charge is -2.27. The highest BCUT2D eigenvalue weighted by atomic mass is 35.5. The molecule has 1 saturated heterocycles. The molecular weight excluding hydrogens is 562 g/mol. The van der Waals surface area contributed by atoms with Crippen molar-refractivity contribution >= 4 is 48.9 Å². The summed E-state index contributed by atoms with van der Waals surface area (Å²) < 4.78 is 61.5. The van der Waals surface area contributed by atoms with Crippen molar-refractivity contribution in [2.45, 2.75) is 36.0 Å². The van der Waals surface area contributed by atoms with Gasteiger partial charge in [-0.25, -0.2) is 16.8 Å². The minimum atomic E-state index is -4.12. The minimum Gasteiger partial charge on any atom is -0.495 e. The van der Waals surface area contributed by atoms with Gasteiger partial charge in [0, 0.05) is 23.8 Å². The van der Waals surface area contributed by atoms with Crippen LogP contribution in [0.4, 0.5) is 11.4 Å². The van der Waals surface area contributed by atoms with E-state index in [9.17, 15) is 21.6 Å². The Kier molecular flexibility index (Phi) is 8.85. The number of nitrogens with one attached hydrogen (secondary N) is 1. The molecule has 0 unspecified atom stereocenters. The van der Waals surface area contributed by atoms with Gasteiger partial charge in [-0.15, -0.1) is 0 Å². The van der Waals surface area contributed by atoms with Crippen LogP contribution in [0, 0.1) is 6.92 Å². The Bertz CT molecular complexity index is 1540. The predicted molar refractivity (Wildman–Crippen MR) is 151 cm³/mol. The van der Waals surface area contributed by atoms with E-state index in [1.165, 1.54) is 66.0 Å². The van der Waals surface area contributed by atoms with Gasteiger partial charge in [0.2, 0.25) is 15.9 Å². The Hall–Kier alpha value is -3.12. The number of methoxy groups -OCH3 is 1. The fourth-order valence-electron chi connectivity index (χ4n) is 4.29. The topological polar surface area (TPSA) is 113 Å². The van der Waals surface area contributed by atoms with Gasteiger partial charge in [-0.1, -0.05) is 35.7 Å². The van der Waals surface area contributed by atoms with E-state index in [1.54, 1.807) is 12.1 Å². The molecule has 0 spiro atoms. The Morgan fingerprint density at radius 1 is 0.949 bits per heavy atom. The van der Waals surface area contributed by atoms with Crippen molar-refractivity contribution in [3.63, 3.8) is 0 Å². The molecule has 1 fully saturated rings. The fourth-order valence-corrected chi connectivity index (χ4v) is 7.54. The quantitative estimate of drug-likeness (QED) is 0.387. The summed E-state index contributed by atoms with van der Waals surface area (Å²) in [6.45, 7) is 2.11. The number of nitrogens with zero attached hydrogens (tertiary/aromatic N) is 2. The molecule has 1 aliphatic rings.